The third-order valence-electron chi connectivity index (χ3n) is 5.27. The van der Waals surface area contributed by atoms with Crippen molar-refractivity contribution in [1.82, 2.24) is 15.1 Å². The molecule has 0 radical (unpaired) electrons. The van der Waals surface area contributed by atoms with Gasteiger partial charge < -0.3 is 0 Å². The van der Waals surface area contributed by atoms with Gasteiger partial charge in [0.15, 0.2) is 0 Å². The fourth-order valence-corrected chi connectivity index (χ4v) is 3.76. The van der Waals surface area contributed by atoms with Gasteiger partial charge in [-0.05, 0) is 24.0 Å². The molecule has 1 unspecified atom stereocenters. The minimum atomic E-state index is -0.371. The van der Waals surface area contributed by atoms with Crippen molar-refractivity contribution < 1.29 is 9.59 Å². The van der Waals surface area contributed by atoms with E-state index in [0.29, 0.717) is 18.8 Å². The van der Waals surface area contributed by atoms with Crippen LogP contribution in [0.25, 0.3) is 10.9 Å². The Morgan fingerprint density at radius 2 is 2.00 bits per heavy atom. The van der Waals surface area contributed by atoms with E-state index in [2.05, 4.69) is 28.5 Å². The highest BCUT2D eigenvalue weighted by molar-refractivity contribution is 6.70. The maximum atomic E-state index is 12.1. The number of benzene rings is 1. The minimum absolute atomic E-state index is 0. The number of carbonyl (C=O) groups is 2. The zero-order valence-corrected chi connectivity index (χ0v) is 15.5. The first-order valence-electron chi connectivity index (χ1n) is 9.26. The summed E-state index contributed by atoms with van der Waals surface area (Å²) < 4.78 is 1.80. The van der Waals surface area contributed by atoms with Crippen LogP contribution in [0.3, 0.4) is 0 Å². The summed E-state index contributed by atoms with van der Waals surface area (Å²) in [6, 6.07) is 6.23. The van der Waals surface area contributed by atoms with Crippen LogP contribution in [-0.4, -0.2) is 28.3 Å². The van der Waals surface area contributed by atoms with E-state index in [1.807, 2.05) is 27.0 Å². The van der Waals surface area contributed by atoms with E-state index in [1.165, 1.54) is 5.56 Å². The number of fused-ring (bicyclic) bond motifs is 1. The number of amides is 2. The van der Waals surface area contributed by atoms with Gasteiger partial charge in [-0.25, -0.2) is 5.26 Å². The van der Waals surface area contributed by atoms with Gasteiger partial charge >= 0.3 is 0 Å². The van der Waals surface area contributed by atoms with E-state index >= 15 is 0 Å². The molecule has 3 heterocycles. The summed E-state index contributed by atoms with van der Waals surface area (Å²) in [6.45, 7) is 4.18. The van der Waals surface area contributed by atoms with E-state index in [4.69, 9.17) is 5.26 Å². The van der Waals surface area contributed by atoms with Crippen LogP contribution in [0.4, 0.5) is 0 Å². The highest BCUT2D eigenvalue weighted by atomic mass is 16.2. The van der Waals surface area contributed by atoms with E-state index in [1.54, 1.807) is 4.68 Å². The first-order chi connectivity index (χ1) is 12.6. The number of aromatic nitrogens is 2. The van der Waals surface area contributed by atoms with Crippen LogP contribution in [0.1, 0.15) is 57.2 Å². The molecule has 0 aliphatic carbocycles. The Hall–Kier alpha value is -2.62. The fourth-order valence-electron chi connectivity index (χ4n) is 3.76. The molecule has 142 valence electrons. The van der Waals surface area contributed by atoms with Crippen molar-refractivity contribution in [2.24, 2.45) is 7.05 Å². The lowest BCUT2D eigenvalue weighted by molar-refractivity contribution is -0.134. The number of piperidine rings is 1. The quantitative estimate of drug-likeness (QED) is 0.652. The van der Waals surface area contributed by atoms with Crippen LogP contribution >= 0.6 is 0 Å². The van der Waals surface area contributed by atoms with Crippen LogP contribution in [-0.2, 0) is 16.6 Å². The Bertz CT molecular complexity index is 893. The van der Waals surface area contributed by atoms with E-state index < -0.39 is 0 Å². The van der Waals surface area contributed by atoms with Crippen molar-refractivity contribution in [1.29, 1.82) is 5.26 Å². The molecule has 1 aromatic carbocycles. The standard InChI is InChI=1S/C17H17BN4O2.C2H6.CH4/c1-22-14-6-10(11-7-18(8-11)9-19)2-3-12(14)16(21-22)13-4-5-15(23)20-17(13)24;1-2;/h2-3,6,11,13H,4-5,7-8H2,1H3,(H,20,23,24);1-2H3;1H4. The molecule has 0 spiro atoms. The number of carbonyl (C=O) groups excluding carboxylic acids is 2. The maximum absolute atomic E-state index is 12.1. The maximum Gasteiger partial charge on any atom is 0.269 e. The summed E-state index contributed by atoms with van der Waals surface area (Å²) in [6.07, 6.45) is 2.69. The molecule has 1 N–H and O–H groups in total. The topological polar surface area (TPSA) is 87.8 Å². The molecule has 6 nitrogen and oxygen atoms in total. The van der Waals surface area contributed by atoms with Crippen molar-refractivity contribution in [3.05, 3.63) is 29.5 Å². The number of hydrogen-bond acceptors (Lipinski definition) is 4. The third-order valence-corrected chi connectivity index (χ3v) is 5.27. The van der Waals surface area contributed by atoms with Crippen molar-refractivity contribution >= 4 is 29.4 Å². The Morgan fingerprint density at radius 3 is 2.63 bits per heavy atom. The summed E-state index contributed by atoms with van der Waals surface area (Å²) in [5.74, 6) is 1.91. The predicted octanol–water partition coefficient (Wildman–Crippen LogP) is 3.41. The fraction of sp³-hybridized carbons (Fsp3) is 0.500. The second-order valence-corrected chi connectivity index (χ2v) is 6.78. The number of nitriles is 1. The SMILES string of the molecule is C.CC.Cn1nc(C2CCC(=O)NC2=O)c2ccc(C3CB(C#N)C3)cc21. The van der Waals surface area contributed by atoms with Crippen LogP contribution in [0.5, 0.6) is 0 Å². The van der Waals surface area contributed by atoms with Gasteiger partial charge in [0.2, 0.25) is 11.8 Å². The third kappa shape index (κ3) is 3.75. The summed E-state index contributed by atoms with van der Waals surface area (Å²) in [7, 11) is 1.88. The van der Waals surface area contributed by atoms with Crippen molar-refractivity contribution in [2.45, 2.75) is 58.6 Å². The first-order valence-corrected chi connectivity index (χ1v) is 9.26. The molecule has 0 bridgehead atoms. The Balaban J connectivity index is 0.000000844. The second kappa shape index (κ2) is 8.38. The summed E-state index contributed by atoms with van der Waals surface area (Å²) >= 11 is 0. The number of imide groups is 1. The molecule has 7 heteroatoms. The van der Waals surface area contributed by atoms with Gasteiger partial charge in [0, 0.05) is 24.8 Å². The monoisotopic (exact) mass is 366 g/mol. The molecule has 2 aliphatic rings. The van der Waals surface area contributed by atoms with Crippen LogP contribution in [0.15, 0.2) is 18.2 Å². The van der Waals surface area contributed by atoms with E-state index in [0.717, 1.165) is 29.2 Å². The molecular formula is C20H27BN4O2. The lowest BCUT2D eigenvalue weighted by atomic mass is 9.32. The molecule has 2 fully saturated rings. The minimum Gasteiger partial charge on any atom is -0.296 e. The van der Waals surface area contributed by atoms with Crippen LogP contribution in [0.2, 0.25) is 12.6 Å². The average Bonchev–Trinajstić information content (AvgIpc) is 2.92. The van der Waals surface area contributed by atoms with E-state index in [-0.39, 0.29) is 31.9 Å². The van der Waals surface area contributed by atoms with Crippen LogP contribution in [0, 0.1) is 11.2 Å². The molecule has 27 heavy (non-hydrogen) atoms. The highest BCUT2D eigenvalue weighted by Crippen LogP contribution is 2.39. The Morgan fingerprint density at radius 1 is 1.30 bits per heavy atom. The van der Waals surface area contributed by atoms with Gasteiger partial charge in [0.1, 0.15) is 0 Å². The Labute approximate surface area is 161 Å². The largest absolute Gasteiger partial charge is 0.296 e. The smallest absolute Gasteiger partial charge is 0.269 e. The molecule has 2 aromatic rings. The molecule has 4 rings (SSSR count). The summed E-state index contributed by atoms with van der Waals surface area (Å²) in [5, 5.41) is 16.9. The zero-order valence-electron chi connectivity index (χ0n) is 15.5. The molecule has 1 atom stereocenters. The Kier molecular flexibility index (Phi) is 6.43. The number of nitrogens with zero attached hydrogens (tertiary/aromatic N) is 3. The van der Waals surface area contributed by atoms with Gasteiger partial charge in [-0.1, -0.05) is 46.0 Å². The molecule has 2 saturated heterocycles. The molecular weight excluding hydrogens is 339 g/mol. The highest BCUT2D eigenvalue weighted by Gasteiger charge is 2.35. The lowest BCUT2D eigenvalue weighted by Crippen LogP contribution is -2.39. The van der Waals surface area contributed by atoms with Gasteiger partial charge in [0.25, 0.3) is 6.71 Å². The number of nitrogens with one attached hydrogen (secondary N) is 1. The average molecular weight is 366 g/mol. The van der Waals surface area contributed by atoms with Crippen molar-refractivity contribution in [3.8, 4) is 5.97 Å². The first kappa shape index (κ1) is 20.7. The number of aryl methyl sites for hydroxylation is 1. The summed E-state index contributed by atoms with van der Waals surface area (Å²) in [5.41, 5.74) is 2.96. The van der Waals surface area contributed by atoms with Crippen molar-refractivity contribution in [3.63, 3.8) is 0 Å². The molecule has 2 amide bonds. The second-order valence-electron chi connectivity index (χ2n) is 6.78. The van der Waals surface area contributed by atoms with Gasteiger partial charge in [-0.2, -0.15) is 5.10 Å². The molecule has 1 aromatic heterocycles. The molecule has 2 aliphatic heterocycles. The normalized spacial score (nSPS) is 19.3. The van der Waals surface area contributed by atoms with Gasteiger partial charge in [0.05, 0.1) is 17.1 Å². The summed E-state index contributed by atoms with van der Waals surface area (Å²) in [4.78, 5) is 23.5. The molecule has 0 saturated carbocycles. The number of hydrogen-bond donors (Lipinski definition) is 1. The number of rotatable bonds is 2. The van der Waals surface area contributed by atoms with Crippen LogP contribution < -0.4 is 5.32 Å². The van der Waals surface area contributed by atoms with Gasteiger partial charge in [-0.15, -0.1) is 0 Å². The van der Waals surface area contributed by atoms with Gasteiger partial charge in [-0.3, -0.25) is 19.6 Å². The van der Waals surface area contributed by atoms with E-state index in [9.17, 15) is 9.59 Å². The predicted molar refractivity (Wildman–Crippen MR) is 108 cm³/mol. The lowest BCUT2D eigenvalue weighted by Gasteiger charge is -2.28. The van der Waals surface area contributed by atoms with Crippen molar-refractivity contribution in [2.75, 3.05) is 0 Å². The zero-order chi connectivity index (χ0) is 18.8.